The normalized spacial score (nSPS) is 9.29. The average molecular weight is 102 g/mol. The molecule has 0 spiro atoms. The van der Waals surface area contributed by atoms with E-state index in [1.807, 2.05) is 0 Å². The van der Waals surface area contributed by atoms with Gasteiger partial charge in [-0.2, -0.15) is 0 Å². The van der Waals surface area contributed by atoms with E-state index in [1.165, 1.54) is 7.11 Å². The van der Waals surface area contributed by atoms with Gasteiger partial charge in [-0.3, -0.25) is 0 Å². The van der Waals surface area contributed by atoms with Gasteiger partial charge in [0.1, 0.15) is 0 Å². The van der Waals surface area contributed by atoms with Crippen molar-refractivity contribution in [3.63, 3.8) is 0 Å². The summed E-state index contributed by atoms with van der Waals surface area (Å²) in [6.07, 6.45) is 2.02. The van der Waals surface area contributed by atoms with Gasteiger partial charge in [0.05, 0.1) is 19.4 Å². The zero-order valence-corrected chi connectivity index (χ0v) is 3.92. The van der Waals surface area contributed by atoms with E-state index in [1.54, 1.807) is 0 Å². The second-order valence-electron chi connectivity index (χ2n) is 0.877. The predicted molar refractivity (Wildman–Crippen MR) is 23.8 cm³/mol. The third-order valence-corrected chi connectivity index (χ3v) is 0.347. The number of methoxy groups -OCH3 is 1. The minimum absolute atomic E-state index is 0.917. The molecule has 0 aliphatic carbocycles. The number of aliphatic carboxylic acids is 1. The highest BCUT2D eigenvalue weighted by atomic mass is 16.5. The number of hydrogen-bond acceptors (Lipinski definition) is 2. The van der Waals surface area contributed by atoms with Gasteiger partial charge >= 0.3 is 5.97 Å². The van der Waals surface area contributed by atoms with Gasteiger partial charge in [0, 0.05) is 0 Å². The average Bonchev–Trinajstić information content (AvgIpc) is 1.61. The van der Waals surface area contributed by atoms with E-state index in [4.69, 9.17) is 5.11 Å². The number of carboxylic acids is 1. The third kappa shape index (κ3) is 5.01. The first-order chi connectivity index (χ1) is 3.27. The van der Waals surface area contributed by atoms with Crippen molar-refractivity contribution in [2.75, 3.05) is 7.11 Å². The molecule has 0 rings (SSSR count). The molecule has 0 saturated carbocycles. The summed E-state index contributed by atoms with van der Waals surface area (Å²) in [6, 6.07) is 0. The van der Waals surface area contributed by atoms with Crippen molar-refractivity contribution in [1.29, 1.82) is 0 Å². The largest absolute Gasteiger partial charge is 0.504 e. The summed E-state index contributed by atoms with van der Waals surface area (Å²) in [4.78, 5) is 9.59. The van der Waals surface area contributed by atoms with Crippen LogP contribution in [-0.4, -0.2) is 18.2 Å². The molecule has 7 heavy (non-hydrogen) atoms. The lowest BCUT2D eigenvalue weighted by Crippen LogP contribution is -1.85. The molecule has 0 unspecified atom stereocenters. The summed E-state index contributed by atoms with van der Waals surface area (Å²) in [5.74, 6) is -0.998. The number of carboxylic acid groups (broad SMARTS) is 1. The van der Waals surface area contributed by atoms with Crippen molar-refractivity contribution in [2.45, 2.75) is 0 Å². The quantitative estimate of drug-likeness (QED) is 0.401. The van der Waals surface area contributed by atoms with Crippen LogP contribution in [-0.2, 0) is 9.53 Å². The predicted octanol–water partition coefficient (Wildman–Crippen LogP) is 0.231. The Bertz CT molecular complexity index is 84.9. The molecule has 0 amide bonds. The lowest BCUT2D eigenvalue weighted by atomic mass is 10.7. The molecule has 0 atom stereocenters. The molecule has 0 heterocycles. The molecule has 0 bridgehead atoms. The second kappa shape index (κ2) is 3.21. The molecule has 0 aromatic carbocycles. The van der Waals surface area contributed by atoms with Crippen LogP contribution in [0.15, 0.2) is 12.3 Å². The summed E-state index contributed by atoms with van der Waals surface area (Å²) in [7, 11) is 1.39. The fraction of sp³-hybridized carbons (Fsp3) is 0.250. The van der Waals surface area contributed by atoms with Gasteiger partial charge in [-0.1, -0.05) is 0 Å². The molecule has 0 aromatic rings. The van der Waals surface area contributed by atoms with E-state index in [9.17, 15) is 4.79 Å². The maximum atomic E-state index is 9.59. The first kappa shape index (κ1) is 6.01. The Morgan fingerprint density at radius 2 is 2.43 bits per heavy atom. The van der Waals surface area contributed by atoms with Crippen molar-refractivity contribution in [3.8, 4) is 0 Å². The first-order valence-electron chi connectivity index (χ1n) is 1.69. The maximum Gasteiger partial charge on any atom is 0.331 e. The van der Waals surface area contributed by atoms with E-state index in [0.29, 0.717) is 0 Å². The van der Waals surface area contributed by atoms with Crippen LogP contribution in [0.25, 0.3) is 0 Å². The van der Waals surface area contributed by atoms with Crippen LogP contribution in [0.3, 0.4) is 0 Å². The van der Waals surface area contributed by atoms with Crippen LogP contribution in [0.1, 0.15) is 0 Å². The fourth-order valence-electron chi connectivity index (χ4n) is 0.126. The van der Waals surface area contributed by atoms with Crippen LogP contribution in [0, 0.1) is 0 Å². The Balaban J connectivity index is 3.26. The SMILES string of the molecule is CO/C=C/C(=O)O. The molecule has 0 fully saturated rings. The van der Waals surface area contributed by atoms with E-state index in [2.05, 4.69) is 4.74 Å². The molecule has 0 radical (unpaired) electrons. The Hall–Kier alpha value is -0.990. The molecule has 3 nitrogen and oxygen atoms in total. The molecular weight excluding hydrogens is 96.0 g/mol. The topological polar surface area (TPSA) is 46.5 Å². The van der Waals surface area contributed by atoms with Gasteiger partial charge < -0.3 is 9.84 Å². The number of carbonyl (C=O) groups is 1. The second-order valence-corrected chi connectivity index (χ2v) is 0.877. The Labute approximate surface area is 41.2 Å². The zero-order valence-electron chi connectivity index (χ0n) is 3.92. The van der Waals surface area contributed by atoms with Gasteiger partial charge in [-0.25, -0.2) is 4.79 Å². The molecule has 0 aliphatic rings. The van der Waals surface area contributed by atoms with Gasteiger partial charge in [-0.05, 0) is 0 Å². The molecule has 0 aliphatic heterocycles. The van der Waals surface area contributed by atoms with Gasteiger partial charge in [0.25, 0.3) is 0 Å². The highest BCUT2D eigenvalue weighted by Crippen LogP contribution is 1.69. The zero-order chi connectivity index (χ0) is 5.70. The monoisotopic (exact) mass is 102 g/mol. The van der Waals surface area contributed by atoms with Gasteiger partial charge in [0.15, 0.2) is 0 Å². The summed E-state index contributed by atoms with van der Waals surface area (Å²) >= 11 is 0. The summed E-state index contributed by atoms with van der Waals surface area (Å²) in [5, 5.41) is 7.88. The summed E-state index contributed by atoms with van der Waals surface area (Å²) < 4.78 is 4.29. The van der Waals surface area contributed by atoms with Gasteiger partial charge in [-0.15, -0.1) is 0 Å². The minimum atomic E-state index is -0.998. The van der Waals surface area contributed by atoms with Crippen molar-refractivity contribution >= 4 is 5.97 Å². The van der Waals surface area contributed by atoms with Crippen LogP contribution in [0.5, 0.6) is 0 Å². The van der Waals surface area contributed by atoms with E-state index in [0.717, 1.165) is 12.3 Å². The number of rotatable bonds is 2. The summed E-state index contributed by atoms with van der Waals surface area (Å²) in [5.41, 5.74) is 0. The van der Waals surface area contributed by atoms with Crippen LogP contribution in [0.2, 0.25) is 0 Å². The van der Waals surface area contributed by atoms with E-state index < -0.39 is 5.97 Å². The Morgan fingerprint density at radius 1 is 1.86 bits per heavy atom. The van der Waals surface area contributed by atoms with E-state index in [-0.39, 0.29) is 0 Å². The smallest absolute Gasteiger partial charge is 0.331 e. The van der Waals surface area contributed by atoms with Crippen molar-refractivity contribution in [3.05, 3.63) is 12.3 Å². The third-order valence-electron chi connectivity index (χ3n) is 0.347. The fourth-order valence-corrected chi connectivity index (χ4v) is 0.126. The van der Waals surface area contributed by atoms with Crippen molar-refractivity contribution < 1.29 is 14.6 Å². The standard InChI is InChI=1S/C4H6O3/c1-7-3-2-4(5)6/h2-3H,1H3,(H,5,6)/b3-2+. The van der Waals surface area contributed by atoms with Gasteiger partial charge in [0.2, 0.25) is 0 Å². The molecule has 0 saturated heterocycles. The Kier molecular flexibility index (Phi) is 2.76. The molecule has 1 N–H and O–H groups in total. The van der Waals surface area contributed by atoms with E-state index >= 15 is 0 Å². The number of hydrogen-bond donors (Lipinski definition) is 1. The highest BCUT2D eigenvalue weighted by molar-refractivity contribution is 5.79. The van der Waals surface area contributed by atoms with Crippen molar-refractivity contribution in [1.82, 2.24) is 0 Å². The molecule has 40 valence electrons. The maximum absolute atomic E-state index is 9.59. The first-order valence-corrected chi connectivity index (χ1v) is 1.69. The summed E-state index contributed by atoms with van der Waals surface area (Å²) in [6.45, 7) is 0. The Morgan fingerprint density at radius 3 is 2.57 bits per heavy atom. The van der Waals surface area contributed by atoms with Crippen LogP contribution in [0.4, 0.5) is 0 Å². The highest BCUT2D eigenvalue weighted by Gasteiger charge is 1.80. The molecule has 3 heteroatoms. The van der Waals surface area contributed by atoms with Crippen LogP contribution >= 0.6 is 0 Å². The molecular formula is C4H6O3. The van der Waals surface area contributed by atoms with Crippen molar-refractivity contribution in [2.24, 2.45) is 0 Å². The minimum Gasteiger partial charge on any atom is -0.504 e. The lowest BCUT2D eigenvalue weighted by molar-refractivity contribution is -0.131. The molecule has 0 aromatic heterocycles. The lowest BCUT2D eigenvalue weighted by Gasteiger charge is -1.79. The van der Waals surface area contributed by atoms with Crippen LogP contribution < -0.4 is 0 Å². The number of ether oxygens (including phenoxy) is 1.